The number of aliphatic hydroxyl groups is 1. The van der Waals surface area contributed by atoms with Crippen molar-refractivity contribution in [2.75, 3.05) is 6.54 Å². The third-order valence-electron chi connectivity index (χ3n) is 3.91. The van der Waals surface area contributed by atoms with Gasteiger partial charge in [0.2, 0.25) is 0 Å². The highest BCUT2D eigenvalue weighted by atomic mass is 16.3. The monoisotopic (exact) mass is 263 g/mol. The Labute approximate surface area is 115 Å². The van der Waals surface area contributed by atoms with Crippen LogP contribution in [0.4, 0.5) is 0 Å². The second-order valence-corrected chi connectivity index (χ2v) is 5.73. The van der Waals surface area contributed by atoms with E-state index in [0.29, 0.717) is 11.8 Å². The zero-order chi connectivity index (χ0) is 13.7. The molecule has 3 heteroatoms. The van der Waals surface area contributed by atoms with Crippen LogP contribution in [0.2, 0.25) is 0 Å². The van der Waals surface area contributed by atoms with Gasteiger partial charge >= 0.3 is 0 Å². The average molecular weight is 263 g/mol. The van der Waals surface area contributed by atoms with Crippen LogP contribution in [0.3, 0.4) is 0 Å². The Morgan fingerprint density at radius 3 is 2.89 bits per heavy atom. The molecule has 0 aromatic heterocycles. The van der Waals surface area contributed by atoms with Crippen LogP contribution in [0.1, 0.15) is 44.6 Å². The maximum Gasteiger partial charge on any atom is 0.115 e. The summed E-state index contributed by atoms with van der Waals surface area (Å²) in [5.41, 5.74) is 1.15. The third kappa shape index (κ3) is 4.51. The van der Waals surface area contributed by atoms with Crippen molar-refractivity contribution in [1.29, 1.82) is 0 Å². The van der Waals surface area contributed by atoms with Crippen LogP contribution in [0.5, 0.6) is 5.75 Å². The molecule has 0 saturated carbocycles. The Bertz CT molecular complexity index is 392. The first-order valence-corrected chi connectivity index (χ1v) is 7.35. The molecular weight excluding hydrogens is 238 g/mol. The molecule has 1 fully saturated rings. The number of aromatic hydroxyl groups is 1. The Balaban J connectivity index is 2.05. The van der Waals surface area contributed by atoms with E-state index in [9.17, 15) is 10.2 Å². The van der Waals surface area contributed by atoms with Crippen molar-refractivity contribution >= 4 is 0 Å². The fourth-order valence-electron chi connectivity index (χ4n) is 2.99. The summed E-state index contributed by atoms with van der Waals surface area (Å²) in [6.07, 6.45) is 5.55. The van der Waals surface area contributed by atoms with Crippen molar-refractivity contribution in [2.45, 2.75) is 57.7 Å². The molecule has 2 rings (SSSR count). The van der Waals surface area contributed by atoms with E-state index in [2.05, 4.69) is 11.0 Å². The maximum absolute atomic E-state index is 9.66. The number of phenols is 1. The Kier molecular flexibility index (Phi) is 5.23. The molecule has 1 aliphatic heterocycles. The minimum absolute atomic E-state index is 0.241. The quantitative estimate of drug-likeness (QED) is 0.878. The van der Waals surface area contributed by atoms with Crippen molar-refractivity contribution in [1.82, 2.24) is 4.90 Å². The van der Waals surface area contributed by atoms with Gasteiger partial charge in [0.1, 0.15) is 5.75 Å². The summed E-state index contributed by atoms with van der Waals surface area (Å²) in [4.78, 5) is 2.47. The van der Waals surface area contributed by atoms with Crippen molar-refractivity contribution in [2.24, 2.45) is 0 Å². The number of rotatable bonds is 4. The second kappa shape index (κ2) is 6.92. The molecular formula is C16H25NO2. The molecule has 2 unspecified atom stereocenters. The summed E-state index contributed by atoms with van der Waals surface area (Å²) >= 11 is 0. The van der Waals surface area contributed by atoms with Crippen LogP contribution in [0.15, 0.2) is 24.3 Å². The van der Waals surface area contributed by atoms with Crippen LogP contribution < -0.4 is 0 Å². The number of nitrogens with zero attached hydrogens (tertiary/aromatic N) is 1. The summed E-state index contributed by atoms with van der Waals surface area (Å²) in [5.74, 6) is 0.333. The predicted molar refractivity (Wildman–Crippen MR) is 77.1 cm³/mol. The van der Waals surface area contributed by atoms with Crippen LogP contribution in [0.25, 0.3) is 0 Å². The van der Waals surface area contributed by atoms with Gasteiger partial charge in [0, 0.05) is 12.6 Å². The van der Waals surface area contributed by atoms with Gasteiger partial charge in [-0.3, -0.25) is 4.90 Å². The molecule has 1 saturated heterocycles. The lowest BCUT2D eigenvalue weighted by Gasteiger charge is -2.31. The molecule has 0 bridgehead atoms. The smallest absolute Gasteiger partial charge is 0.115 e. The van der Waals surface area contributed by atoms with Gasteiger partial charge in [-0.15, -0.1) is 0 Å². The third-order valence-corrected chi connectivity index (χ3v) is 3.91. The normalized spacial score (nSPS) is 22.9. The summed E-state index contributed by atoms with van der Waals surface area (Å²) in [6.45, 7) is 3.83. The molecule has 0 aliphatic carbocycles. The van der Waals surface area contributed by atoms with Gasteiger partial charge in [-0.25, -0.2) is 0 Å². The minimum atomic E-state index is -0.241. The van der Waals surface area contributed by atoms with E-state index in [1.165, 1.54) is 25.7 Å². The molecule has 19 heavy (non-hydrogen) atoms. The number of hydrogen-bond acceptors (Lipinski definition) is 3. The van der Waals surface area contributed by atoms with Crippen molar-refractivity contribution in [3.05, 3.63) is 29.8 Å². The second-order valence-electron chi connectivity index (χ2n) is 5.73. The van der Waals surface area contributed by atoms with E-state index in [1.807, 2.05) is 19.1 Å². The Morgan fingerprint density at radius 2 is 2.16 bits per heavy atom. The SMILES string of the molecule is CC(O)CC1CCCCCN1Cc1cccc(O)c1. The average Bonchev–Trinajstić information content (AvgIpc) is 2.55. The highest BCUT2D eigenvalue weighted by Crippen LogP contribution is 2.23. The number of phenolic OH excluding ortho intramolecular Hbond substituents is 1. The van der Waals surface area contributed by atoms with Gasteiger partial charge in [-0.2, -0.15) is 0 Å². The molecule has 1 heterocycles. The predicted octanol–water partition coefficient (Wildman–Crippen LogP) is 2.91. The van der Waals surface area contributed by atoms with E-state index >= 15 is 0 Å². The zero-order valence-corrected chi connectivity index (χ0v) is 11.8. The van der Waals surface area contributed by atoms with Crippen molar-refractivity contribution in [3.8, 4) is 5.75 Å². The molecule has 1 aliphatic rings. The minimum Gasteiger partial charge on any atom is -0.508 e. The van der Waals surface area contributed by atoms with Crippen molar-refractivity contribution in [3.63, 3.8) is 0 Å². The fourth-order valence-corrected chi connectivity index (χ4v) is 2.99. The fraction of sp³-hybridized carbons (Fsp3) is 0.625. The summed E-state index contributed by atoms with van der Waals surface area (Å²) in [7, 11) is 0. The zero-order valence-electron chi connectivity index (χ0n) is 11.8. The first kappa shape index (κ1) is 14.4. The maximum atomic E-state index is 9.66. The highest BCUT2D eigenvalue weighted by molar-refractivity contribution is 5.27. The molecule has 0 radical (unpaired) electrons. The van der Waals surface area contributed by atoms with E-state index in [1.54, 1.807) is 6.07 Å². The number of benzene rings is 1. The summed E-state index contributed by atoms with van der Waals surface area (Å²) in [5, 5.41) is 19.2. The van der Waals surface area contributed by atoms with Crippen molar-refractivity contribution < 1.29 is 10.2 Å². The molecule has 3 nitrogen and oxygen atoms in total. The molecule has 106 valence electrons. The number of aliphatic hydroxyl groups excluding tert-OH is 1. The molecule has 2 atom stereocenters. The van der Waals surface area contributed by atoms with Gasteiger partial charge in [-0.05, 0) is 50.4 Å². The number of likely N-dealkylation sites (tertiary alicyclic amines) is 1. The lowest BCUT2D eigenvalue weighted by molar-refractivity contribution is 0.108. The van der Waals surface area contributed by atoms with Crippen LogP contribution in [-0.4, -0.2) is 33.8 Å². The first-order valence-electron chi connectivity index (χ1n) is 7.35. The summed E-state index contributed by atoms with van der Waals surface area (Å²) in [6, 6.07) is 7.96. The number of hydrogen-bond donors (Lipinski definition) is 2. The molecule has 1 aromatic carbocycles. The van der Waals surface area contributed by atoms with E-state index in [4.69, 9.17) is 0 Å². The van der Waals surface area contributed by atoms with E-state index in [0.717, 1.165) is 25.1 Å². The largest absolute Gasteiger partial charge is 0.508 e. The van der Waals surface area contributed by atoms with Crippen LogP contribution in [0, 0.1) is 0 Å². The highest BCUT2D eigenvalue weighted by Gasteiger charge is 2.22. The molecule has 0 spiro atoms. The van der Waals surface area contributed by atoms with Gasteiger partial charge in [-0.1, -0.05) is 25.0 Å². The van der Waals surface area contributed by atoms with Gasteiger partial charge in [0.05, 0.1) is 6.10 Å². The van der Waals surface area contributed by atoms with Gasteiger partial charge in [0.25, 0.3) is 0 Å². The van der Waals surface area contributed by atoms with Gasteiger partial charge < -0.3 is 10.2 Å². The van der Waals surface area contributed by atoms with E-state index < -0.39 is 0 Å². The standard InChI is InChI=1S/C16H25NO2/c1-13(18)10-15-7-3-2-4-9-17(15)12-14-6-5-8-16(19)11-14/h5-6,8,11,13,15,18-19H,2-4,7,9-10,12H2,1H3. The van der Waals surface area contributed by atoms with E-state index in [-0.39, 0.29) is 6.10 Å². The molecule has 1 aromatic rings. The lowest BCUT2D eigenvalue weighted by Crippen LogP contribution is -2.36. The van der Waals surface area contributed by atoms with Crippen LogP contribution in [-0.2, 0) is 6.54 Å². The topological polar surface area (TPSA) is 43.7 Å². The molecule has 0 amide bonds. The lowest BCUT2D eigenvalue weighted by atomic mass is 10.0. The first-order chi connectivity index (χ1) is 9.15. The van der Waals surface area contributed by atoms with Gasteiger partial charge in [0.15, 0.2) is 0 Å². The summed E-state index contributed by atoms with van der Waals surface area (Å²) < 4.78 is 0. The molecule has 2 N–H and O–H groups in total. The Hall–Kier alpha value is -1.06. The Morgan fingerprint density at radius 1 is 1.32 bits per heavy atom. The van der Waals surface area contributed by atoms with Crippen LogP contribution >= 0.6 is 0 Å².